The molecule has 7 nitrogen and oxygen atoms in total. The number of Topliss-reactive ketones (excluding diaryl/α,β-unsaturated/α-hetero) is 1. The molecule has 0 amide bonds. The summed E-state index contributed by atoms with van der Waals surface area (Å²) in [7, 11) is 1.69. The van der Waals surface area contributed by atoms with E-state index in [0.29, 0.717) is 12.4 Å². The molecule has 88 valence electrons. The van der Waals surface area contributed by atoms with Gasteiger partial charge in [0.05, 0.1) is 20.0 Å². The highest BCUT2D eigenvalue weighted by molar-refractivity contribution is 5.82. The summed E-state index contributed by atoms with van der Waals surface area (Å²) in [6.07, 6.45) is 0.276. The van der Waals surface area contributed by atoms with Crippen LogP contribution in [0, 0.1) is 0 Å². The van der Waals surface area contributed by atoms with Gasteiger partial charge in [0.15, 0.2) is 11.6 Å². The van der Waals surface area contributed by atoms with E-state index in [-0.39, 0.29) is 12.2 Å². The first-order chi connectivity index (χ1) is 7.74. The van der Waals surface area contributed by atoms with Crippen LogP contribution in [0.5, 0.6) is 0 Å². The van der Waals surface area contributed by atoms with Gasteiger partial charge >= 0.3 is 0 Å². The molecule has 2 rings (SSSR count). The van der Waals surface area contributed by atoms with Crippen molar-refractivity contribution >= 4 is 5.78 Å². The number of carbonyl (C=O) groups is 1. The molecule has 0 spiro atoms. The van der Waals surface area contributed by atoms with Crippen molar-refractivity contribution in [1.82, 2.24) is 30.4 Å². The minimum absolute atomic E-state index is 0.148. The fourth-order valence-corrected chi connectivity index (χ4v) is 1.75. The highest BCUT2D eigenvalue weighted by atomic mass is 16.1. The summed E-state index contributed by atoms with van der Waals surface area (Å²) in [5, 5.41) is 14.7. The van der Waals surface area contributed by atoms with Crippen molar-refractivity contribution in [2.75, 3.05) is 32.7 Å². The van der Waals surface area contributed by atoms with Gasteiger partial charge < -0.3 is 5.32 Å². The molecule has 0 bridgehead atoms. The molecule has 1 saturated heterocycles. The Hall–Kier alpha value is -1.34. The van der Waals surface area contributed by atoms with E-state index >= 15 is 0 Å². The number of nitrogens with one attached hydrogen (secondary N) is 1. The topological polar surface area (TPSA) is 75.9 Å². The number of tetrazole rings is 1. The molecule has 0 aliphatic carbocycles. The second-order valence-electron chi connectivity index (χ2n) is 3.94. The summed E-state index contributed by atoms with van der Waals surface area (Å²) < 4.78 is 0. The van der Waals surface area contributed by atoms with Crippen LogP contribution in [0.25, 0.3) is 0 Å². The Morgan fingerprint density at radius 1 is 1.44 bits per heavy atom. The lowest BCUT2D eigenvalue weighted by Gasteiger charge is -2.26. The van der Waals surface area contributed by atoms with E-state index < -0.39 is 0 Å². The normalized spacial score (nSPS) is 17.6. The summed E-state index contributed by atoms with van der Waals surface area (Å²) in [6, 6.07) is 0. The molecule has 1 fully saturated rings. The van der Waals surface area contributed by atoms with Gasteiger partial charge in [-0.15, -0.1) is 10.2 Å². The van der Waals surface area contributed by atoms with E-state index in [1.807, 2.05) is 0 Å². The van der Waals surface area contributed by atoms with Crippen LogP contribution in [0.1, 0.15) is 5.82 Å². The van der Waals surface area contributed by atoms with Crippen LogP contribution in [0.3, 0.4) is 0 Å². The Labute approximate surface area is 93.8 Å². The summed E-state index contributed by atoms with van der Waals surface area (Å²) >= 11 is 0. The molecule has 0 saturated carbocycles. The van der Waals surface area contributed by atoms with Gasteiger partial charge in [0, 0.05) is 26.2 Å². The lowest BCUT2D eigenvalue weighted by atomic mass is 10.2. The lowest BCUT2D eigenvalue weighted by molar-refractivity contribution is -0.119. The molecule has 1 aromatic rings. The van der Waals surface area contributed by atoms with Gasteiger partial charge in [0.25, 0.3) is 0 Å². The fraction of sp³-hybridized carbons (Fsp3) is 0.778. The summed E-state index contributed by atoms with van der Waals surface area (Å²) in [6.45, 7) is 4.26. The molecule has 0 radical (unpaired) electrons. The Bertz CT molecular complexity index is 357. The van der Waals surface area contributed by atoms with E-state index in [1.54, 1.807) is 7.05 Å². The van der Waals surface area contributed by atoms with E-state index in [1.165, 1.54) is 4.80 Å². The minimum Gasteiger partial charge on any atom is -0.314 e. The third-order valence-electron chi connectivity index (χ3n) is 2.51. The number of aryl methyl sites for hydroxylation is 1. The first kappa shape index (κ1) is 11.2. The molecule has 0 aromatic carbocycles. The zero-order chi connectivity index (χ0) is 11.4. The quantitative estimate of drug-likeness (QED) is 0.652. The first-order valence-corrected chi connectivity index (χ1v) is 5.42. The molecule has 16 heavy (non-hydrogen) atoms. The number of piperazine rings is 1. The molecule has 1 aliphatic rings. The number of hydrogen-bond acceptors (Lipinski definition) is 6. The SMILES string of the molecule is Cn1nnc(CC(=O)CN2CCNCC2)n1. The van der Waals surface area contributed by atoms with Crippen LogP contribution >= 0.6 is 0 Å². The summed E-state index contributed by atoms with van der Waals surface area (Å²) in [4.78, 5) is 15.2. The molecule has 1 aliphatic heterocycles. The third-order valence-corrected chi connectivity index (χ3v) is 2.51. The van der Waals surface area contributed by atoms with Crippen molar-refractivity contribution in [3.05, 3.63) is 5.82 Å². The average molecular weight is 224 g/mol. The molecule has 2 heterocycles. The minimum atomic E-state index is 0.148. The number of aromatic nitrogens is 4. The zero-order valence-electron chi connectivity index (χ0n) is 9.39. The number of rotatable bonds is 4. The van der Waals surface area contributed by atoms with E-state index in [4.69, 9.17) is 0 Å². The summed E-state index contributed by atoms with van der Waals surface area (Å²) in [5.74, 6) is 0.650. The Kier molecular flexibility index (Phi) is 3.58. The van der Waals surface area contributed by atoms with Crippen molar-refractivity contribution in [3.63, 3.8) is 0 Å². The van der Waals surface area contributed by atoms with Crippen LogP contribution in [-0.2, 0) is 18.3 Å². The maximum atomic E-state index is 11.7. The fourth-order valence-electron chi connectivity index (χ4n) is 1.75. The molecular weight excluding hydrogens is 208 g/mol. The zero-order valence-corrected chi connectivity index (χ0v) is 9.39. The standard InChI is InChI=1S/C9H16N6O/c1-14-12-9(11-13-14)6-8(16)7-15-4-2-10-3-5-15/h10H,2-7H2,1H3. The highest BCUT2D eigenvalue weighted by Gasteiger charge is 2.15. The van der Waals surface area contributed by atoms with Crippen LogP contribution < -0.4 is 5.32 Å². The maximum absolute atomic E-state index is 11.7. The third kappa shape index (κ3) is 3.07. The summed E-state index contributed by atoms with van der Waals surface area (Å²) in [5.41, 5.74) is 0. The van der Waals surface area contributed by atoms with E-state index in [9.17, 15) is 4.79 Å². The molecule has 1 N–H and O–H groups in total. The number of nitrogens with zero attached hydrogens (tertiary/aromatic N) is 5. The van der Waals surface area contributed by atoms with E-state index in [2.05, 4.69) is 25.6 Å². The van der Waals surface area contributed by atoms with Crippen molar-refractivity contribution in [2.45, 2.75) is 6.42 Å². The number of hydrogen-bond donors (Lipinski definition) is 1. The van der Waals surface area contributed by atoms with Crippen LogP contribution in [0.4, 0.5) is 0 Å². The van der Waals surface area contributed by atoms with Crippen molar-refractivity contribution in [1.29, 1.82) is 0 Å². The van der Waals surface area contributed by atoms with Gasteiger partial charge in [0.2, 0.25) is 0 Å². The Morgan fingerprint density at radius 2 is 2.19 bits per heavy atom. The Balaban J connectivity index is 1.79. The molecular formula is C9H16N6O. The van der Waals surface area contributed by atoms with Gasteiger partial charge in [0.1, 0.15) is 0 Å². The number of ketones is 1. The number of carbonyl (C=O) groups excluding carboxylic acids is 1. The first-order valence-electron chi connectivity index (χ1n) is 5.42. The lowest BCUT2D eigenvalue weighted by Crippen LogP contribution is -2.45. The van der Waals surface area contributed by atoms with Crippen LogP contribution in [-0.4, -0.2) is 63.6 Å². The van der Waals surface area contributed by atoms with E-state index in [0.717, 1.165) is 26.2 Å². The van der Waals surface area contributed by atoms with Crippen molar-refractivity contribution in [2.24, 2.45) is 7.05 Å². The monoisotopic (exact) mass is 224 g/mol. The average Bonchev–Trinajstić information content (AvgIpc) is 2.65. The van der Waals surface area contributed by atoms with Gasteiger partial charge in [-0.25, -0.2) is 0 Å². The van der Waals surface area contributed by atoms with Gasteiger partial charge in [-0.3, -0.25) is 9.69 Å². The maximum Gasteiger partial charge on any atom is 0.182 e. The van der Waals surface area contributed by atoms with Gasteiger partial charge in [-0.2, -0.15) is 4.80 Å². The van der Waals surface area contributed by atoms with Crippen molar-refractivity contribution < 1.29 is 4.79 Å². The Morgan fingerprint density at radius 3 is 2.81 bits per heavy atom. The highest BCUT2D eigenvalue weighted by Crippen LogP contribution is 1.95. The molecule has 0 atom stereocenters. The second kappa shape index (κ2) is 5.13. The van der Waals surface area contributed by atoms with Gasteiger partial charge in [-0.05, 0) is 5.21 Å². The van der Waals surface area contributed by atoms with Gasteiger partial charge in [-0.1, -0.05) is 0 Å². The predicted molar refractivity (Wildman–Crippen MR) is 56.8 cm³/mol. The predicted octanol–water partition coefficient (Wildman–Crippen LogP) is -1.77. The van der Waals surface area contributed by atoms with Crippen LogP contribution in [0.2, 0.25) is 0 Å². The second-order valence-corrected chi connectivity index (χ2v) is 3.94. The smallest absolute Gasteiger partial charge is 0.182 e. The molecule has 1 aromatic heterocycles. The van der Waals surface area contributed by atoms with Crippen molar-refractivity contribution in [3.8, 4) is 0 Å². The van der Waals surface area contributed by atoms with Crippen LogP contribution in [0.15, 0.2) is 0 Å². The molecule has 0 unspecified atom stereocenters. The molecule has 7 heteroatoms. The largest absolute Gasteiger partial charge is 0.314 e.